The lowest BCUT2D eigenvalue weighted by atomic mass is 10.2. The van der Waals surface area contributed by atoms with Crippen LogP contribution in [-0.2, 0) is 11.3 Å². The zero-order chi connectivity index (χ0) is 14.4. The normalized spacial score (nSPS) is 11.7. The van der Waals surface area contributed by atoms with Crippen molar-refractivity contribution in [1.82, 2.24) is 5.32 Å². The van der Waals surface area contributed by atoms with Crippen LogP contribution in [0.4, 0.5) is 5.69 Å². The molecule has 0 heterocycles. The van der Waals surface area contributed by atoms with E-state index in [9.17, 15) is 4.79 Å². The van der Waals surface area contributed by atoms with Gasteiger partial charge in [0.1, 0.15) is 6.04 Å². The molecule has 1 atom stereocenters. The molecule has 0 saturated heterocycles. The van der Waals surface area contributed by atoms with Crippen LogP contribution in [0.1, 0.15) is 12.5 Å². The third-order valence-corrected chi connectivity index (χ3v) is 3.65. The van der Waals surface area contributed by atoms with Crippen molar-refractivity contribution in [3.63, 3.8) is 0 Å². The molecule has 0 aliphatic rings. The first-order chi connectivity index (χ1) is 9.65. The van der Waals surface area contributed by atoms with Gasteiger partial charge >= 0.3 is 0 Å². The molecule has 0 unspecified atom stereocenters. The van der Waals surface area contributed by atoms with E-state index in [0.717, 1.165) is 11.3 Å². The fourth-order valence-electron chi connectivity index (χ4n) is 1.80. The van der Waals surface area contributed by atoms with E-state index in [1.807, 2.05) is 61.5 Å². The highest BCUT2D eigenvalue weighted by atomic mass is 127. The average Bonchev–Trinajstić information content (AvgIpc) is 2.48. The zero-order valence-electron chi connectivity index (χ0n) is 11.3. The minimum Gasteiger partial charge on any atom is -0.374 e. The Morgan fingerprint density at radius 1 is 1.10 bits per heavy atom. The summed E-state index contributed by atoms with van der Waals surface area (Å²) in [6.45, 7) is 2.41. The van der Waals surface area contributed by atoms with Gasteiger partial charge < -0.3 is 10.6 Å². The Bertz CT molecular complexity index is 554. The van der Waals surface area contributed by atoms with E-state index < -0.39 is 0 Å². The Morgan fingerprint density at radius 2 is 1.75 bits per heavy atom. The largest absolute Gasteiger partial charge is 0.374 e. The molecular weight excluding hydrogens is 363 g/mol. The molecule has 104 valence electrons. The second kappa shape index (κ2) is 7.28. The molecule has 2 N–H and O–H groups in total. The summed E-state index contributed by atoms with van der Waals surface area (Å²) >= 11 is 2.26. The topological polar surface area (TPSA) is 41.1 Å². The van der Waals surface area contributed by atoms with Gasteiger partial charge in [0.2, 0.25) is 5.91 Å². The van der Waals surface area contributed by atoms with Gasteiger partial charge in [-0.2, -0.15) is 0 Å². The van der Waals surface area contributed by atoms with Crippen LogP contribution in [0.2, 0.25) is 0 Å². The van der Waals surface area contributed by atoms with Crippen molar-refractivity contribution in [1.29, 1.82) is 0 Å². The van der Waals surface area contributed by atoms with E-state index in [-0.39, 0.29) is 11.9 Å². The molecule has 0 saturated carbocycles. The number of halogens is 1. The van der Waals surface area contributed by atoms with Crippen molar-refractivity contribution in [3.8, 4) is 0 Å². The number of carbonyl (C=O) groups excluding carboxylic acids is 1. The molecule has 0 radical (unpaired) electrons. The zero-order valence-corrected chi connectivity index (χ0v) is 13.4. The van der Waals surface area contributed by atoms with E-state index in [0.29, 0.717) is 6.54 Å². The predicted octanol–water partition coefficient (Wildman–Crippen LogP) is 3.41. The maximum Gasteiger partial charge on any atom is 0.242 e. The number of nitrogens with one attached hydrogen (secondary N) is 2. The van der Waals surface area contributed by atoms with Crippen LogP contribution in [0.25, 0.3) is 0 Å². The fourth-order valence-corrected chi connectivity index (χ4v) is 2.16. The van der Waals surface area contributed by atoms with Crippen LogP contribution < -0.4 is 10.6 Å². The third-order valence-electron chi connectivity index (χ3n) is 2.93. The van der Waals surface area contributed by atoms with Crippen LogP contribution in [0, 0.1) is 3.57 Å². The predicted molar refractivity (Wildman–Crippen MR) is 90.5 cm³/mol. The first-order valence-corrected chi connectivity index (χ1v) is 7.57. The van der Waals surface area contributed by atoms with Crippen LogP contribution in [-0.4, -0.2) is 11.9 Å². The first-order valence-electron chi connectivity index (χ1n) is 6.49. The quantitative estimate of drug-likeness (QED) is 0.781. The molecule has 0 fully saturated rings. The fraction of sp³-hybridized carbons (Fsp3) is 0.188. The SMILES string of the molecule is C[C@@H](Nc1ccc(I)cc1)C(=O)NCc1ccccc1. The maximum absolute atomic E-state index is 12.0. The second-order valence-electron chi connectivity index (χ2n) is 4.58. The number of benzene rings is 2. The van der Waals surface area contributed by atoms with Crippen molar-refractivity contribution < 1.29 is 4.79 Å². The van der Waals surface area contributed by atoms with Gasteiger partial charge in [-0.25, -0.2) is 0 Å². The third kappa shape index (κ3) is 4.52. The van der Waals surface area contributed by atoms with E-state index >= 15 is 0 Å². The standard InChI is InChI=1S/C16H17IN2O/c1-12(19-15-9-7-14(17)8-10-15)16(20)18-11-13-5-3-2-4-6-13/h2-10,12,19H,11H2,1H3,(H,18,20)/t12-/m1/s1. The number of hydrogen-bond donors (Lipinski definition) is 2. The summed E-state index contributed by atoms with van der Waals surface area (Å²) in [5.74, 6) is -0.00703. The molecule has 1 amide bonds. The molecule has 0 aromatic heterocycles. The van der Waals surface area contributed by atoms with Gasteiger partial charge in [0.15, 0.2) is 0 Å². The van der Waals surface area contributed by atoms with Gasteiger partial charge in [0.05, 0.1) is 0 Å². The summed E-state index contributed by atoms with van der Waals surface area (Å²) in [6.07, 6.45) is 0. The molecule has 0 aliphatic heterocycles. The molecule has 2 rings (SSSR count). The maximum atomic E-state index is 12.0. The van der Waals surface area contributed by atoms with Gasteiger partial charge in [-0.3, -0.25) is 4.79 Å². The average molecular weight is 380 g/mol. The highest BCUT2D eigenvalue weighted by molar-refractivity contribution is 14.1. The monoisotopic (exact) mass is 380 g/mol. The molecule has 3 nitrogen and oxygen atoms in total. The van der Waals surface area contributed by atoms with Crippen LogP contribution >= 0.6 is 22.6 Å². The van der Waals surface area contributed by atoms with Gasteiger partial charge in [0, 0.05) is 15.8 Å². The second-order valence-corrected chi connectivity index (χ2v) is 5.82. The van der Waals surface area contributed by atoms with Gasteiger partial charge in [-0.1, -0.05) is 30.3 Å². The molecule has 2 aromatic carbocycles. The van der Waals surface area contributed by atoms with Crippen molar-refractivity contribution >= 4 is 34.2 Å². The summed E-state index contributed by atoms with van der Waals surface area (Å²) in [7, 11) is 0. The lowest BCUT2D eigenvalue weighted by Gasteiger charge is -2.15. The number of carbonyl (C=O) groups is 1. The van der Waals surface area contributed by atoms with Crippen LogP contribution in [0.15, 0.2) is 54.6 Å². The molecule has 0 spiro atoms. The van der Waals surface area contributed by atoms with E-state index in [2.05, 4.69) is 33.2 Å². The Morgan fingerprint density at radius 3 is 2.40 bits per heavy atom. The van der Waals surface area contributed by atoms with Crippen molar-refractivity contribution in [2.75, 3.05) is 5.32 Å². The summed E-state index contributed by atoms with van der Waals surface area (Å²) in [6, 6.07) is 17.6. The number of amides is 1. The first kappa shape index (κ1) is 14.8. The van der Waals surface area contributed by atoms with Gasteiger partial charge in [-0.15, -0.1) is 0 Å². The Kier molecular flexibility index (Phi) is 5.40. The summed E-state index contributed by atoms with van der Waals surface area (Å²) < 4.78 is 1.18. The minimum atomic E-state index is -0.265. The number of rotatable bonds is 5. The highest BCUT2D eigenvalue weighted by Crippen LogP contribution is 2.12. The van der Waals surface area contributed by atoms with E-state index in [4.69, 9.17) is 0 Å². The number of hydrogen-bond acceptors (Lipinski definition) is 2. The minimum absolute atomic E-state index is 0.00703. The Labute approximate surface area is 132 Å². The number of anilines is 1. The summed E-state index contributed by atoms with van der Waals surface area (Å²) in [4.78, 5) is 12.0. The molecule has 2 aromatic rings. The molecular formula is C16H17IN2O. The van der Waals surface area contributed by atoms with E-state index in [1.165, 1.54) is 3.57 Å². The molecule has 20 heavy (non-hydrogen) atoms. The summed E-state index contributed by atoms with van der Waals surface area (Å²) in [5.41, 5.74) is 2.05. The molecule has 4 heteroatoms. The summed E-state index contributed by atoms with van der Waals surface area (Å²) in [5, 5.41) is 6.12. The van der Waals surface area contributed by atoms with Gasteiger partial charge in [-0.05, 0) is 59.3 Å². The van der Waals surface area contributed by atoms with E-state index in [1.54, 1.807) is 0 Å². The van der Waals surface area contributed by atoms with Crippen molar-refractivity contribution in [2.45, 2.75) is 19.5 Å². The molecule has 0 aliphatic carbocycles. The van der Waals surface area contributed by atoms with Crippen molar-refractivity contribution in [2.24, 2.45) is 0 Å². The highest BCUT2D eigenvalue weighted by Gasteiger charge is 2.11. The van der Waals surface area contributed by atoms with Crippen LogP contribution in [0.5, 0.6) is 0 Å². The Balaban J connectivity index is 1.84. The lowest BCUT2D eigenvalue weighted by molar-refractivity contribution is -0.121. The van der Waals surface area contributed by atoms with Crippen LogP contribution in [0.3, 0.4) is 0 Å². The lowest BCUT2D eigenvalue weighted by Crippen LogP contribution is -2.37. The van der Waals surface area contributed by atoms with Gasteiger partial charge in [0.25, 0.3) is 0 Å². The Hall–Kier alpha value is -1.56. The molecule has 0 bridgehead atoms. The smallest absolute Gasteiger partial charge is 0.242 e. The van der Waals surface area contributed by atoms with Crippen molar-refractivity contribution in [3.05, 3.63) is 63.7 Å².